The fraction of sp³-hybridized carbons (Fsp3) is 0.179. The Balaban J connectivity index is 1.22. The van der Waals surface area contributed by atoms with Crippen molar-refractivity contribution in [1.29, 1.82) is 0 Å². The highest BCUT2D eigenvalue weighted by atomic mass is 79.9. The van der Waals surface area contributed by atoms with Crippen LogP contribution in [0.2, 0.25) is 0 Å². The summed E-state index contributed by atoms with van der Waals surface area (Å²) >= 11 is 4.38. The minimum atomic E-state index is -4.73. The highest BCUT2D eigenvalue weighted by Gasteiger charge is 2.31. The number of halogens is 4. The zero-order chi connectivity index (χ0) is 28.4. The number of carbonyl (C=O) groups excluding carboxylic acids is 1. The Kier molecular flexibility index (Phi) is 7.90. The number of aromatic nitrogens is 2. The molecule has 1 aliphatic rings. The molecule has 0 atom stereocenters. The minimum Gasteiger partial charge on any atom is -0.406 e. The van der Waals surface area contributed by atoms with E-state index in [0.29, 0.717) is 5.69 Å². The number of benzene rings is 3. The molecule has 0 fully saturated rings. The maximum Gasteiger partial charge on any atom is 0.573 e. The van der Waals surface area contributed by atoms with E-state index in [4.69, 9.17) is 0 Å². The lowest BCUT2D eigenvalue weighted by molar-refractivity contribution is -0.274. The van der Waals surface area contributed by atoms with Crippen LogP contribution in [0.3, 0.4) is 0 Å². The van der Waals surface area contributed by atoms with Crippen LogP contribution in [0.15, 0.2) is 69.7 Å². The van der Waals surface area contributed by atoms with E-state index in [1.165, 1.54) is 12.1 Å². The number of rotatable bonds is 6. The van der Waals surface area contributed by atoms with Crippen LogP contribution in [0.1, 0.15) is 27.9 Å². The summed E-state index contributed by atoms with van der Waals surface area (Å²) in [5.41, 5.74) is 8.36. The average Bonchev–Trinajstić information content (AvgIpc) is 3.33. The zero-order valence-corrected chi connectivity index (χ0v) is 23.7. The van der Waals surface area contributed by atoms with Gasteiger partial charge in [-0.15, -0.1) is 13.2 Å². The predicted molar refractivity (Wildman–Crippen MR) is 154 cm³/mol. The van der Waals surface area contributed by atoms with E-state index in [1.807, 2.05) is 38.1 Å². The number of ether oxygens (including phenoxy) is 1. The summed E-state index contributed by atoms with van der Waals surface area (Å²) in [5, 5.41) is 7.35. The van der Waals surface area contributed by atoms with E-state index in [0.717, 1.165) is 74.2 Å². The molecule has 206 valence electrons. The smallest absolute Gasteiger partial charge is 0.406 e. The number of hydrogen-bond acceptors (Lipinski definition) is 5. The van der Waals surface area contributed by atoms with E-state index in [1.54, 1.807) is 29.2 Å². The summed E-state index contributed by atoms with van der Waals surface area (Å²) in [4.78, 5) is 12.3. The molecule has 0 bridgehead atoms. The summed E-state index contributed by atoms with van der Waals surface area (Å²) in [7, 11) is 0. The second-order valence-electron chi connectivity index (χ2n) is 9.17. The second-order valence-corrected chi connectivity index (χ2v) is 10.7. The number of carbonyl (C=O) groups is 1. The third-order valence-electron chi connectivity index (χ3n) is 6.36. The van der Waals surface area contributed by atoms with Gasteiger partial charge in [0, 0.05) is 21.9 Å². The molecular formula is C28H23BrF3N5O2S. The zero-order valence-electron chi connectivity index (χ0n) is 21.3. The van der Waals surface area contributed by atoms with Crippen LogP contribution in [0.4, 0.5) is 23.7 Å². The second kappa shape index (κ2) is 11.4. The van der Waals surface area contributed by atoms with Crippen LogP contribution in [-0.4, -0.2) is 28.4 Å². The average molecular weight is 630 g/mol. The summed E-state index contributed by atoms with van der Waals surface area (Å²) in [6.45, 7) is 3.86. The van der Waals surface area contributed by atoms with Crippen molar-refractivity contribution < 1.29 is 22.7 Å². The van der Waals surface area contributed by atoms with Gasteiger partial charge in [-0.2, -0.15) is 5.10 Å². The third-order valence-corrected chi connectivity index (χ3v) is 7.31. The first-order valence-corrected chi connectivity index (χ1v) is 13.7. The Morgan fingerprint density at radius 1 is 1.07 bits per heavy atom. The Morgan fingerprint density at radius 3 is 2.50 bits per heavy atom. The lowest BCUT2D eigenvalue weighted by Gasteiger charge is -2.18. The number of alkyl halides is 3. The van der Waals surface area contributed by atoms with Crippen LogP contribution in [0.25, 0.3) is 16.8 Å². The van der Waals surface area contributed by atoms with Crippen LogP contribution in [-0.2, 0) is 12.8 Å². The molecule has 0 saturated heterocycles. The molecule has 0 unspecified atom stereocenters. The highest BCUT2D eigenvalue weighted by Crippen LogP contribution is 2.35. The molecule has 1 aromatic heterocycles. The molecule has 0 spiro atoms. The molecule has 5 rings (SSSR count). The monoisotopic (exact) mass is 629 g/mol. The summed E-state index contributed by atoms with van der Waals surface area (Å²) in [6.07, 6.45) is 0.210. The maximum atomic E-state index is 12.5. The van der Waals surface area contributed by atoms with Crippen molar-refractivity contribution in [2.45, 2.75) is 33.1 Å². The Bertz CT molecular complexity index is 1580. The quantitative estimate of drug-likeness (QED) is 0.169. The molecule has 2 N–H and O–H groups in total. The molecule has 2 amide bonds. The molecule has 12 heteroatoms. The fourth-order valence-electron chi connectivity index (χ4n) is 4.67. The summed E-state index contributed by atoms with van der Waals surface area (Å²) in [5.74, 6) is -0.277. The van der Waals surface area contributed by atoms with Gasteiger partial charge in [0.2, 0.25) is 0 Å². The number of nitrogens with zero attached hydrogens (tertiary/aromatic N) is 3. The van der Waals surface area contributed by atoms with Gasteiger partial charge in [0.25, 0.3) is 0 Å². The van der Waals surface area contributed by atoms with E-state index < -0.39 is 6.36 Å². The number of urea groups is 1. The van der Waals surface area contributed by atoms with Crippen LogP contribution < -0.4 is 14.8 Å². The molecule has 1 aliphatic carbocycles. The third kappa shape index (κ3) is 6.34. The van der Waals surface area contributed by atoms with E-state index in [2.05, 4.69) is 46.3 Å². The van der Waals surface area contributed by atoms with Gasteiger partial charge in [0.1, 0.15) is 5.75 Å². The number of fused-ring (bicyclic) bond motifs is 3. The van der Waals surface area contributed by atoms with Gasteiger partial charge < -0.3 is 10.1 Å². The lowest BCUT2D eigenvalue weighted by Crippen LogP contribution is -2.23. The maximum absolute atomic E-state index is 12.5. The first kappa shape index (κ1) is 27.8. The van der Waals surface area contributed by atoms with Gasteiger partial charge in [-0.3, -0.25) is 4.72 Å². The Morgan fingerprint density at radius 2 is 1.80 bits per heavy atom. The molecule has 40 heavy (non-hydrogen) atoms. The van der Waals surface area contributed by atoms with Crippen LogP contribution in [0, 0.1) is 13.8 Å². The molecule has 3 aromatic carbocycles. The van der Waals surface area contributed by atoms with Gasteiger partial charge in [0.05, 0.1) is 29.7 Å². The van der Waals surface area contributed by atoms with Gasteiger partial charge in [-0.25, -0.2) is 13.9 Å². The van der Waals surface area contributed by atoms with Crippen molar-refractivity contribution >= 4 is 46.0 Å². The molecule has 4 aromatic rings. The highest BCUT2D eigenvalue weighted by molar-refractivity contribution is 9.10. The largest absolute Gasteiger partial charge is 0.573 e. The molecule has 1 heterocycles. The number of hydrogen-bond donors (Lipinski definition) is 2. The molecular weight excluding hydrogens is 607 g/mol. The molecule has 0 saturated carbocycles. The van der Waals surface area contributed by atoms with Gasteiger partial charge in [0.15, 0.2) is 0 Å². The van der Waals surface area contributed by atoms with Gasteiger partial charge in [-0.05, 0) is 97.0 Å². The summed E-state index contributed by atoms with van der Waals surface area (Å²) < 4.78 is 51.0. The van der Waals surface area contributed by atoms with Crippen LogP contribution in [0.5, 0.6) is 5.75 Å². The first-order chi connectivity index (χ1) is 19.1. The number of anilines is 1. The summed E-state index contributed by atoms with van der Waals surface area (Å²) in [6, 6.07) is 15.2. The lowest BCUT2D eigenvalue weighted by atomic mass is 9.89. The number of amides is 2. The molecule has 7 nitrogen and oxygen atoms in total. The number of nitrogens with one attached hydrogen (secondary N) is 2. The van der Waals surface area contributed by atoms with E-state index in [-0.39, 0.29) is 11.8 Å². The SMILES string of the molecule is Cc1cc(Br)cc(C)c1NC(=O)NSN=Cc1ccc2c(c1)CCc1c-2cnn1-c1ccc(OC(F)(F)F)cc1. The van der Waals surface area contributed by atoms with Crippen LogP contribution >= 0.6 is 28.1 Å². The fourth-order valence-corrected chi connectivity index (χ4v) is 5.72. The van der Waals surface area contributed by atoms with Crippen molar-refractivity contribution in [1.82, 2.24) is 14.5 Å². The van der Waals surface area contributed by atoms with E-state index in [9.17, 15) is 18.0 Å². The first-order valence-electron chi connectivity index (χ1n) is 12.2. The van der Waals surface area contributed by atoms with Crippen molar-refractivity contribution in [2.24, 2.45) is 4.40 Å². The topological polar surface area (TPSA) is 80.5 Å². The van der Waals surface area contributed by atoms with E-state index >= 15 is 0 Å². The normalized spacial score (nSPS) is 12.7. The van der Waals surface area contributed by atoms with Crippen molar-refractivity contribution in [3.05, 3.63) is 93.2 Å². The Hall–Kier alpha value is -3.77. The minimum absolute atomic E-state index is 0.277. The molecule has 0 aliphatic heterocycles. The van der Waals surface area contributed by atoms with Gasteiger partial charge in [-0.1, -0.05) is 28.1 Å². The van der Waals surface area contributed by atoms with Crippen molar-refractivity contribution in [3.8, 4) is 22.6 Å². The predicted octanol–water partition coefficient (Wildman–Crippen LogP) is 7.72. The van der Waals surface area contributed by atoms with Crippen molar-refractivity contribution in [3.63, 3.8) is 0 Å². The Labute approximate surface area is 241 Å². The standard InChI is InChI=1S/C28H23BrF3N5O2S/c1-16-11-20(29)12-17(2)26(16)35-27(38)36-40-34-14-18-3-9-23-19(13-18)4-10-25-24(23)15-33-37(25)21-5-7-22(8-6-21)39-28(30,31)32/h3,5-9,11-15H,4,10H2,1-2H3,(H2,35,36,38). The van der Waals surface area contributed by atoms with Gasteiger partial charge >= 0.3 is 12.4 Å². The molecule has 0 radical (unpaired) electrons. The van der Waals surface area contributed by atoms with Crippen molar-refractivity contribution in [2.75, 3.05) is 5.32 Å². The number of aryl methyl sites for hydroxylation is 3.